The molecule has 0 aromatic carbocycles. The van der Waals surface area contributed by atoms with Crippen LogP contribution in [0.1, 0.15) is 26.3 Å². The smallest absolute Gasteiger partial charge is 0.273 e. The first-order valence-corrected chi connectivity index (χ1v) is 5.64. The van der Waals surface area contributed by atoms with E-state index >= 15 is 0 Å². The fraction of sp³-hybridized carbons (Fsp3) is 0.385. The van der Waals surface area contributed by atoms with E-state index in [2.05, 4.69) is 10.4 Å². The number of pyridine rings is 2. The summed E-state index contributed by atoms with van der Waals surface area (Å²) in [6, 6.07) is 5.69. The van der Waals surface area contributed by atoms with E-state index in [1.54, 1.807) is 6.20 Å². The summed E-state index contributed by atoms with van der Waals surface area (Å²) >= 11 is 0. The summed E-state index contributed by atoms with van der Waals surface area (Å²) < 4.78 is 1.53. The minimum Gasteiger partial charge on any atom is -0.316 e. The number of hydrogen-bond donors (Lipinski definition) is 1. The topological polar surface area (TPSA) is 46.9 Å². The van der Waals surface area contributed by atoms with Crippen molar-refractivity contribution in [2.24, 2.45) is 0 Å². The van der Waals surface area contributed by atoms with Gasteiger partial charge in [0.15, 0.2) is 5.65 Å². The highest BCUT2D eigenvalue weighted by Gasteiger charge is 2.14. The first-order valence-electron chi connectivity index (χ1n) is 5.64. The van der Waals surface area contributed by atoms with Gasteiger partial charge in [-0.1, -0.05) is 0 Å². The first kappa shape index (κ1) is 11.6. The molecule has 0 atom stereocenters. The van der Waals surface area contributed by atoms with Crippen LogP contribution in [0.5, 0.6) is 0 Å². The van der Waals surface area contributed by atoms with Crippen molar-refractivity contribution >= 4 is 11.0 Å². The quantitative estimate of drug-likeness (QED) is 0.817. The van der Waals surface area contributed by atoms with E-state index < -0.39 is 0 Å². The number of aryl methyl sites for hydroxylation is 1. The molecule has 0 aliphatic rings. The molecule has 0 aliphatic carbocycles. The molecule has 0 saturated heterocycles. The van der Waals surface area contributed by atoms with Gasteiger partial charge in [-0.3, -0.25) is 4.79 Å². The zero-order valence-corrected chi connectivity index (χ0v) is 10.6. The Bertz CT molecular complexity index is 608. The molecule has 2 aromatic heterocycles. The molecule has 2 heterocycles. The Kier molecular flexibility index (Phi) is 2.65. The Labute approximate surface area is 100 Å². The molecular formula is C13H17N3O. The number of aromatic nitrogens is 2. The van der Waals surface area contributed by atoms with E-state index in [-0.39, 0.29) is 11.1 Å². The zero-order chi connectivity index (χ0) is 12.6. The van der Waals surface area contributed by atoms with E-state index in [1.807, 2.05) is 45.9 Å². The Morgan fingerprint density at radius 2 is 2.06 bits per heavy atom. The molecule has 0 radical (unpaired) electrons. The van der Waals surface area contributed by atoms with Crippen LogP contribution < -0.4 is 11.0 Å². The van der Waals surface area contributed by atoms with Crippen molar-refractivity contribution < 1.29 is 0 Å². The van der Waals surface area contributed by atoms with Gasteiger partial charge < -0.3 is 5.43 Å². The van der Waals surface area contributed by atoms with Crippen LogP contribution in [0.25, 0.3) is 11.0 Å². The second kappa shape index (κ2) is 3.87. The van der Waals surface area contributed by atoms with Crippen molar-refractivity contribution in [2.45, 2.75) is 33.2 Å². The minimum atomic E-state index is -0.192. The molecule has 4 heteroatoms. The normalized spacial score (nSPS) is 11.8. The molecule has 0 aliphatic heterocycles. The highest BCUT2D eigenvalue weighted by Crippen LogP contribution is 2.11. The Hall–Kier alpha value is -1.84. The van der Waals surface area contributed by atoms with Crippen LogP contribution in [0.15, 0.2) is 29.2 Å². The number of hydrogen-bond acceptors (Lipinski definition) is 3. The van der Waals surface area contributed by atoms with E-state index in [0.717, 1.165) is 5.39 Å². The van der Waals surface area contributed by atoms with Gasteiger partial charge in [0.1, 0.15) is 0 Å². The van der Waals surface area contributed by atoms with Crippen molar-refractivity contribution in [1.82, 2.24) is 9.66 Å². The standard InChI is InChI=1S/C13H17N3O/c1-9-8-10-6-5-7-14-11(10)16(12(9)17)15-13(2,3)4/h5-8,15H,1-4H3. The van der Waals surface area contributed by atoms with Crippen LogP contribution >= 0.6 is 0 Å². The van der Waals surface area contributed by atoms with Gasteiger partial charge in [0.25, 0.3) is 5.56 Å². The molecule has 2 rings (SSSR count). The van der Waals surface area contributed by atoms with Crippen molar-refractivity contribution in [3.63, 3.8) is 0 Å². The van der Waals surface area contributed by atoms with Crippen LogP contribution in [0.2, 0.25) is 0 Å². The third-order valence-corrected chi connectivity index (χ3v) is 2.39. The van der Waals surface area contributed by atoms with Crippen LogP contribution in [0, 0.1) is 6.92 Å². The lowest BCUT2D eigenvalue weighted by atomic mass is 10.1. The van der Waals surface area contributed by atoms with Crippen LogP contribution in [-0.2, 0) is 0 Å². The summed E-state index contributed by atoms with van der Waals surface area (Å²) in [5.74, 6) is 0. The average molecular weight is 231 g/mol. The van der Waals surface area contributed by atoms with Crippen molar-refractivity contribution in [1.29, 1.82) is 0 Å². The van der Waals surface area contributed by atoms with Gasteiger partial charge >= 0.3 is 0 Å². The fourth-order valence-electron chi connectivity index (χ4n) is 1.72. The van der Waals surface area contributed by atoms with Gasteiger partial charge in [-0.2, -0.15) is 0 Å². The lowest BCUT2D eigenvalue weighted by Gasteiger charge is -2.24. The van der Waals surface area contributed by atoms with Crippen LogP contribution in [0.4, 0.5) is 0 Å². The molecule has 0 saturated carbocycles. The van der Waals surface area contributed by atoms with Gasteiger partial charge in [0, 0.05) is 22.7 Å². The highest BCUT2D eigenvalue weighted by atomic mass is 16.1. The molecule has 0 fully saturated rings. The average Bonchev–Trinajstić information content (AvgIpc) is 2.23. The first-order chi connectivity index (χ1) is 7.88. The second-order valence-corrected chi connectivity index (χ2v) is 5.25. The van der Waals surface area contributed by atoms with E-state index in [4.69, 9.17) is 0 Å². The summed E-state index contributed by atoms with van der Waals surface area (Å²) in [6.07, 6.45) is 1.69. The second-order valence-electron chi connectivity index (χ2n) is 5.25. The van der Waals surface area contributed by atoms with Gasteiger partial charge in [-0.25, -0.2) is 9.66 Å². The molecular weight excluding hydrogens is 214 g/mol. The van der Waals surface area contributed by atoms with Crippen LogP contribution in [-0.4, -0.2) is 15.2 Å². The maximum atomic E-state index is 12.1. The molecule has 17 heavy (non-hydrogen) atoms. The highest BCUT2D eigenvalue weighted by molar-refractivity contribution is 5.75. The monoisotopic (exact) mass is 231 g/mol. The predicted molar refractivity (Wildman–Crippen MR) is 69.9 cm³/mol. The molecule has 1 N–H and O–H groups in total. The van der Waals surface area contributed by atoms with E-state index in [9.17, 15) is 4.79 Å². The van der Waals surface area contributed by atoms with Crippen LogP contribution in [0.3, 0.4) is 0 Å². The Balaban J connectivity index is 2.75. The third kappa shape index (κ3) is 2.30. The summed E-state index contributed by atoms with van der Waals surface area (Å²) in [5.41, 5.74) is 4.31. The minimum absolute atomic E-state index is 0.0499. The number of nitrogens with one attached hydrogen (secondary N) is 1. The molecule has 0 bridgehead atoms. The molecule has 90 valence electrons. The maximum Gasteiger partial charge on any atom is 0.273 e. The molecule has 0 spiro atoms. The summed E-state index contributed by atoms with van der Waals surface area (Å²) in [6.45, 7) is 7.85. The summed E-state index contributed by atoms with van der Waals surface area (Å²) in [4.78, 5) is 16.4. The Morgan fingerprint density at radius 1 is 1.35 bits per heavy atom. The summed E-state index contributed by atoms with van der Waals surface area (Å²) in [5, 5.41) is 0.960. The lowest BCUT2D eigenvalue weighted by Crippen LogP contribution is -2.41. The van der Waals surface area contributed by atoms with Crippen molar-refractivity contribution in [3.8, 4) is 0 Å². The lowest BCUT2D eigenvalue weighted by molar-refractivity contribution is 0.552. The largest absolute Gasteiger partial charge is 0.316 e. The maximum absolute atomic E-state index is 12.1. The zero-order valence-electron chi connectivity index (χ0n) is 10.6. The van der Waals surface area contributed by atoms with Gasteiger partial charge in [0.05, 0.1) is 0 Å². The number of nitrogens with zero attached hydrogens (tertiary/aromatic N) is 2. The molecule has 0 unspecified atom stereocenters. The summed E-state index contributed by atoms with van der Waals surface area (Å²) in [7, 11) is 0. The van der Waals surface area contributed by atoms with Crippen molar-refractivity contribution in [3.05, 3.63) is 40.3 Å². The number of rotatable bonds is 1. The predicted octanol–water partition coefficient (Wildman–Crippen LogP) is 2.05. The Morgan fingerprint density at radius 3 is 2.71 bits per heavy atom. The van der Waals surface area contributed by atoms with Gasteiger partial charge in [-0.05, 0) is 45.9 Å². The fourth-order valence-corrected chi connectivity index (χ4v) is 1.72. The van der Waals surface area contributed by atoms with Gasteiger partial charge in [-0.15, -0.1) is 0 Å². The molecule has 0 amide bonds. The van der Waals surface area contributed by atoms with E-state index in [1.165, 1.54) is 4.68 Å². The van der Waals surface area contributed by atoms with Crippen molar-refractivity contribution in [2.75, 3.05) is 5.43 Å². The van der Waals surface area contributed by atoms with Gasteiger partial charge in [0.2, 0.25) is 0 Å². The SMILES string of the molecule is Cc1cc2cccnc2n(NC(C)(C)C)c1=O. The molecule has 2 aromatic rings. The third-order valence-electron chi connectivity index (χ3n) is 2.39. The number of fused-ring (bicyclic) bond motifs is 1. The molecule has 4 nitrogen and oxygen atoms in total. The van der Waals surface area contributed by atoms with E-state index in [0.29, 0.717) is 11.2 Å².